The number of hydrogen-bond acceptors (Lipinski definition) is 4. The highest BCUT2D eigenvalue weighted by atomic mass is 16.5. The summed E-state index contributed by atoms with van der Waals surface area (Å²) < 4.78 is 5.89. The monoisotopic (exact) mass is 332 g/mol. The van der Waals surface area contributed by atoms with Crippen LogP contribution in [0.15, 0.2) is 24.3 Å². The molecule has 1 aliphatic carbocycles. The molecule has 132 valence electrons. The zero-order chi connectivity index (χ0) is 17.1. The number of carbonyl (C=O) groups is 1. The van der Waals surface area contributed by atoms with Crippen molar-refractivity contribution >= 4 is 5.91 Å². The minimum absolute atomic E-state index is 0.0157. The molecule has 5 nitrogen and oxygen atoms in total. The molecule has 5 heteroatoms. The SMILES string of the molecule is CC(C)Oc1ccccc1CN1C[C@@H](CO)[C@H](C(=O)NC2CC2)C1. The van der Waals surface area contributed by atoms with Gasteiger partial charge in [-0.15, -0.1) is 0 Å². The summed E-state index contributed by atoms with van der Waals surface area (Å²) in [5, 5.41) is 12.7. The van der Waals surface area contributed by atoms with Gasteiger partial charge in [0.25, 0.3) is 0 Å². The van der Waals surface area contributed by atoms with Gasteiger partial charge in [-0.3, -0.25) is 9.69 Å². The van der Waals surface area contributed by atoms with Crippen LogP contribution in [0.2, 0.25) is 0 Å². The molecule has 24 heavy (non-hydrogen) atoms. The van der Waals surface area contributed by atoms with Gasteiger partial charge < -0.3 is 15.2 Å². The standard InChI is InChI=1S/C19H28N2O3/c1-13(2)24-18-6-4-3-5-14(18)9-21-10-15(12-22)17(11-21)19(23)20-16-7-8-16/h3-6,13,15-17,22H,7-12H2,1-2H3,(H,20,23)/t15-,17+/m0/s1. The Morgan fingerprint density at radius 1 is 1.33 bits per heavy atom. The lowest BCUT2D eigenvalue weighted by atomic mass is 9.96. The van der Waals surface area contributed by atoms with Gasteiger partial charge in [-0.2, -0.15) is 0 Å². The van der Waals surface area contributed by atoms with E-state index < -0.39 is 0 Å². The van der Waals surface area contributed by atoms with Crippen molar-refractivity contribution in [2.75, 3.05) is 19.7 Å². The fraction of sp³-hybridized carbons (Fsp3) is 0.632. The maximum Gasteiger partial charge on any atom is 0.225 e. The summed E-state index contributed by atoms with van der Waals surface area (Å²) >= 11 is 0. The van der Waals surface area contributed by atoms with Crippen LogP contribution in [0.25, 0.3) is 0 Å². The Morgan fingerprint density at radius 2 is 2.08 bits per heavy atom. The van der Waals surface area contributed by atoms with Gasteiger partial charge in [0.2, 0.25) is 5.91 Å². The largest absolute Gasteiger partial charge is 0.491 e. The number of amides is 1. The highest BCUT2D eigenvalue weighted by Crippen LogP contribution is 2.29. The van der Waals surface area contributed by atoms with Crippen LogP contribution in [-0.2, 0) is 11.3 Å². The molecule has 2 N–H and O–H groups in total. The Morgan fingerprint density at radius 3 is 2.75 bits per heavy atom. The molecular weight excluding hydrogens is 304 g/mol. The van der Waals surface area contributed by atoms with Crippen LogP contribution in [0.5, 0.6) is 5.75 Å². The minimum atomic E-state index is -0.117. The number of carbonyl (C=O) groups excluding carboxylic acids is 1. The van der Waals surface area contributed by atoms with Crippen LogP contribution in [-0.4, -0.2) is 47.8 Å². The van der Waals surface area contributed by atoms with Crippen molar-refractivity contribution in [3.63, 3.8) is 0 Å². The molecule has 3 rings (SSSR count). The van der Waals surface area contributed by atoms with Gasteiger partial charge in [0.05, 0.1) is 12.0 Å². The van der Waals surface area contributed by atoms with Crippen LogP contribution < -0.4 is 10.1 Å². The summed E-state index contributed by atoms with van der Waals surface area (Å²) in [6.45, 7) is 6.28. The summed E-state index contributed by atoms with van der Waals surface area (Å²) in [6, 6.07) is 8.42. The highest BCUT2D eigenvalue weighted by molar-refractivity contribution is 5.80. The zero-order valence-corrected chi connectivity index (χ0v) is 14.6. The van der Waals surface area contributed by atoms with E-state index in [4.69, 9.17) is 4.74 Å². The van der Waals surface area contributed by atoms with E-state index in [1.54, 1.807) is 0 Å². The fourth-order valence-electron chi connectivity index (χ4n) is 3.35. The molecule has 1 saturated carbocycles. The first-order valence-corrected chi connectivity index (χ1v) is 8.95. The molecular formula is C19H28N2O3. The lowest BCUT2D eigenvalue weighted by molar-refractivity contribution is -0.126. The van der Waals surface area contributed by atoms with Crippen LogP contribution >= 0.6 is 0 Å². The van der Waals surface area contributed by atoms with E-state index in [0.717, 1.165) is 37.2 Å². The number of hydrogen-bond donors (Lipinski definition) is 2. The van der Waals surface area contributed by atoms with E-state index in [0.29, 0.717) is 12.6 Å². The quantitative estimate of drug-likeness (QED) is 0.799. The van der Waals surface area contributed by atoms with Gasteiger partial charge in [0.15, 0.2) is 0 Å². The molecule has 0 radical (unpaired) electrons. The van der Waals surface area contributed by atoms with Gasteiger partial charge >= 0.3 is 0 Å². The number of benzene rings is 1. The molecule has 2 fully saturated rings. The van der Waals surface area contributed by atoms with Crippen LogP contribution in [0.1, 0.15) is 32.3 Å². The van der Waals surface area contributed by atoms with E-state index in [1.165, 1.54) is 0 Å². The first kappa shape index (κ1) is 17.2. The predicted molar refractivity (Wildman–Crippen MR) is 92.7 cm³/mol. The van der Waals surface area contributed by atoms with Gasteiger partial charge in [-0.1, -0.05) is 18.2 Å². The number of likely N-dealkylation sites (tertiary alicyclic amines) is 1. The molecule has 0 unspecified atom stereocenters. The van der Waals surface area contributed by atoms with E-state index >= 15 is 0 Å². The van der Waals surface area contributed by atoms with Crippen molar-refractivity contribution in [1.29, 1.82) is 0 Å². The van der Waals surface area contributed by atoms with Gasteiger partial charge in [-0.05, 0) is 32.8 Å². The molecule has 1 aliphatic heterocycles. The molecule has 1 amide bonds. The number of ether oxygens (including phenoxy) is 1. The number of rotatable bonds is 7. The van der Waals surface area contributed by atoms with Gasteiger partial charge in [0, 0.05) is 43.8 Å². The first-order chi connectivity index (χ1) is 11.6. The maximum absolute atomic E-state index is 12.4. The number of para-hydroxylation sites is 1. The van der Waals surface area contributed by atoms with Gasteiger partial charge in [-0.25, -0.2) is 0 Å². The molecule has 2 aliphatic rings. The topological polar surface area (TPSA) is 61.8 Å². The second-order valence-corrected chi connectivity index (χ2v) is 7.30. The zero-order valence-electron chi connectivity index (χ0n) is 14.6. The molecule has 0 bridgehead atoms. The summed E-state index contributed by atoms with van der Waals surface area (Å²) in [5.74, 6) is 0.903. The van der Waals surface area contributed by atoms with E-state index in [1.807, 2.05) is 32.0 Å². The van der Waals surface area contributed by atoms with Crippen LogP contribution in [0.4, 0.5) is 0 Å². The molecule has 0 spiro atoms. The summed E-state index contributed by atoms with van der Waals surface area (Å²) in [5.41, 5.74) is 1.13. The first-order valence-electron chi connectivity index (χ1n) is 8.95. The molecule has 1 aromatic rings. The minimum Gasteiger partial charge on any atom is -0.491 e. The average molecular weight is 332 g/mol. The van der Waals surface area contributed by atoms with Crippen LogP contribution in [0.3, 0.4) is 0 Å². The second-order valence-electron chi connectivity index (χ2n) is 7.30. The number of nitrogens with zero attached hydrogens (tertiary/aromatic N) is 1. The summed E-state index contributed by atoms with van der Waals surface area (Å²) in [6.07, 6.45) is 2.31. The van der Waals surface area contributed by atoms with Gasteiger partial charge in [0.1, 0.15) is 5.75 Å². The lowest BCUT2D eigenvalue weighted by Gasteiger charge is -2.19. The maximum atomic E-state index is 12.4. The van der Waals surface area contributed by atoms with Crippen molar-refractivity contribution in [3.05, 3.63) is 29.8 Å². The smallest absolute Gasteiger partial charge is 0.225 e. The van der Waals surface area contributed by atoms with Crippen LogP contribution in [0, 0.1) is 11.8 Å². The van der Waals surface area contributed by atoms with E-state index in [9.17, 15) is 9.90 Å². The molecule has 1 heterocycles. The Bertz CT molecular complexity index is 571. The van der Waals surface area contributed by atoms with Crippen molar-refractivity contribution in [3.8, 4) is 5.75 Å². The lowest BCUT2D eigenvalue weighted by Crippen LogP contribution is -2.37. The molecule has 2 atom stereocenters. The third-order valence-electron chi connectivity index (χ3n) is 4.74. The van der Waals surface area contributed by atoms with Crippen molar-refractivity contribution in [2.45, 2.75) is 45.4 Å². The Hall–Kier alpha value is -1.59. The van der Waals surface area contributed by atoms with Crippen molar-refractivity contribution in [2.24, 2.45) is 11.8 Å². The third kappa shape index (κ3) is 4.28. The summed E-state index contributed by atoms with van der Waals surface area (Å²) in [7, 11) is 0. The van der Waals surface area contributed by atoms with Crippen molar-refractivity contribution < 1.29 is 14.6 Å². The van der Waals surface area contributed by atoms with E-state index in [-0.39, 0.29) is 30.5 Å². The molecule has 1 saturated heterocycles. The van der Waals surface area contributed by atoms with E-state index in [2.05, 4.69) is 16.3 Å². The Labute approximate surface area is 144 Å². The molecule has 1 aromatic carbocycles. The summed E-state index contributed by atoms with van der Waals surface area (Å²) in [4.78, 5) is 14.7. The number of aliphatic hydroxyl groups excluding tert-OH is 1. The molecule has 0 aromatic heterocycles. The highest BCUT2D eigenvalue weighted by Gasteiger charge is 2.39. The normalized spacial score (nSPS) is 24.3. The average Bonchev–Trinajstić information content (AvgIpc) is 3.26. The third-order valence-corrected chi connectivity index (χ3v) is 4.74. The Kier molecular flexibility index (Phi) is 5.41. The number of aliphatic hydroxyl groups is 1. The number of nitrogens with one attached hydrogen (secondary N) is 1. The Balaban J connectivity index is 1.64. The fourth-order valence-corrected chi connectivity index (χ4v) is 3.35. The van der Waals surface area contributed by atoms with Crippen molar-refractivity contribution in [1.82, 2.24) is 10.2 Å². The predicted octanol–water partition coefficient (Wildman–Crippen LogP) is 1.79. The second kappa shape index (κ2) is 7.53.